The van der Waals surface area contributed by atoms with Crippen LogP contribution >= 0.6 is 23.2 Å². The lowest BCUT2D eigenvalue weighted by Gasteiger charge is -2.23. The Kier molecular flexibility index (Phi) is 11.2. The number of carbonyl (C=O) groups is 2. The molecule has 2 aliphatic carbocycles. The van der Waals surface area contributed by atoms with E-state index in [9.17, 15) is 37.1 Å². The Balaban J connectivity index is 1.36. The average Bonchev–Trinajstić information content (AvgIpc) is 3.95. The topological polar surface area (TPSA) is 156 Å². The van der Waals surface area contributed by atoms with Crippen LogP contribution in [0.1, 0.15) is 53.3 Å². The number of hydrogen-bond donors (Lipinski definition) is 1. The summed E-state index contributed by atoms with van der Waals surface area (Å²) in [7, 11) is -3.71. The van der Waals surface area contributed by atoms with E-state index in [4.69, 9.17) is 37.4 Å². The molecule has 0 saturated heterocycles. The molecule has 2 aromatic carbocycles. The molecule has 0 aliphatic heterocycles. The summed E-state index contributed by atoms with van der Waals surface area (Å²) >= 11 is 12.6. The molecular formula is C32H32Cl2F2N2O10S. The molecule has 0 spiro atoms. The van der Waals surface area contributed by atoms with E-state index in [0.29, 0.717) is 4.73 Å². The summed E-state index contributed by atoms with van der Waals surface area (Å²) in [6, 6.07) is 7.61. The Labute approximate surface area is 290 Å². The molecule has 1 heterocycles. The van der Waals surface area contributed by atoms with Crippen molar-refractivity contribution in [3.8, 4) is 17.2 Å². The molecule has 0 amide bonds. The zero-order valence-electron chi connectivity index (χ0n) is 26.0. The van der Waals surface area contributed by atoms with E-state index in [0.717, 1.165) is 60.8 Å². The number of anilines is 1. The van der Waals surface area contributed by atoms with Crippen molar-refractivity contribution in [1.82, 2.24) is 0 Å². The normalized spacial score (nSPS) is 15.1. The Hall–Kier alpha value is -4.08. The summed E-state index contributed by atoms with van der Waals surface area (Å²) in [6.45, 7) is -3.62. The van der Waals surface area contributed by atoms with E-state index >= 15 is 0 Å². The number of phenolic OH excluding ortho intramolecular Hbond substituents is 1. The summed E-state index contributed by atoms with van der Waals surface area (Å²) in [6.07, 6.45) is 5.29. The number of carbonyl (C=O) groups excluding carboxylic acids is 2. The summed E-state index contributed by atoms with van der Waals surface area (Å²) in [5.74, 6) is -2.52. The lowest BCUT2D eigenvalue weighted by Crippen LogP contribution is -2.32. The number of rotatable bonds is 16. The molecule has 12 nitrogen and oxygen atoms in total. The third-order valence-corrected chi connectivity index (χ3v) is 9.59. The van der Waals surface area contributed by atoms with E-state index in [1.807, 2.05) is 0 Å². The van der Waals surface area contributed by atoms with Crippen LogP contribution in [0.2, 0.25) is 10.0 Å². The van der Waals surface area contributed by atoms with Crippen molar-refractivity contribution in [2.75, 3.05) is 30.3 Å². The maximum Gasteiger partial charge on any atom is 0.387 e. The second-order valence-electron chi connectivity index (χ2n) is 11.8. The second kappa shape index (κ2) is 15.2. The van der Waals surface area contributed by atoms with E-state index in [1.54, 1.807) is 0 Å². The van der Waals surface area contributed by atoms with Crippen LogP contribution in [0.5, 0.6) is 17.2 Å². The fraction of sp³-hybridized carbons (Fsp3) is 0.406. The van der Waals surface area contributed by atoms with Gasteiger partial charge in [0.2, 0.25) is 10.0 Å². The highest BCUT2D eigenvalue weighted by molar-refractivity contribution is 7.92. The van der Waals surface area contributed by atoms with Crippen molar-refractivity contribution in [3.63, 3.8) is 0 Å². The van der Waals surface area contributed by atoms with Gasteiger partial charge in [-0.1, -0.05) is 29.3 Å². The smallest absolute Gasteiger partial charge is 0.387 e. The highest BCUT2D eigenvalue weighted by atomic mass is 35.5. The number of alkyl halides is 2. The van der Waals surface area contributed by atoms with Gasteiger partial charge in [0.05, 0.1) is 18.6 Å². The van der Waals surface area contributed by atoms with Gasteiger partial charge in [0.25, 0.3) is 0 Å². The summed E-state index contributed by atoms with van der Waals surface area (Å²) in [4.78, 5) is 26.1. The van der Waals surface area contributed by atoms with Crippen LogP contribution in [0.15, 0.2) is 48.8 Å². The van der Waals surface area contributed by atoms with Gasteiger partial charge in [-0.15, -0.1) is 0 Å². The number of aromatic hydroxyl groups is 1. The van der Waals surface area contributed by atoms with Gasteiger partial charge in [-0.25, -0.2) is 18.0 Å². The number of benzene rings is 2. The largest absolute Gasteiger partial charge is 0.619 e. The molecule has 0 radical (unpaired) electrons. The Morgan fingerprint density at radius 3 is 2.33 bits per heavy atom. The van der Waals surface area contributed by atoms with Gasteiger partial charge in [0.1, 0.15) is 27.5 Å². The van der Waals surface area contributed by atoms with Crippen molar-refractivity contribution in [1.29, 1.82) is 0 Å². The van der Waals surface area contributed by atoms with Gasteiger partial charge in [-0.05, 0) is 73.4 Å². The predicted molar refractivity (Wildman–Crippen MR) is 173 cm³/mol. The van der Waals surface area contributed by atoms with Crippen LogP contribution < -0.4 is 18.5 Å². The zero-order valence-corrected chi connectivity index (χ0v) is 28.3. The lowest BCUT2D eigenvalue weighted by atomic mass is 10.0. The van der Waals surface area contributed by atoms with Gasteiger partial charge in [0.15, 0.2) is 30.5 Å². The Morgan fingerprint density at radius 2 is 1.71 bits per heavy atom. The number of phenols is 1. The van der Waals surface area contributed by atoms with Crippen LogP contribution in [0, 0.1) is 17.0 Å². The number of aromatic nitrogens is 1. The third-order valence-electron chi connectivity index (χ3n) is 7.78. The minimum absolute atomic E-state index is 0.0278. The number of pyridine rings is 1. The van der Waals surface area contributed by atoms with E-state index in [-0.39, 0.29) is 75.3 Å². The maximum atomic E-state index is 13.1. The first-order valence-electron chi connectivity index (χ1n) is 15.1. The van der Waals surface area contributed by atoms with Gasteiger partial charge in [-0.3, -0.25) is 4.31 Å². The van der Waals surface area contributed by atoms with Crippen LogP contribution in [-0.4, -0.2) is 58.1 Å². The van der Waals surface area contributed by atoms with Crippen LogP contribution in [-0.2, 0) is 30.7 Å². The number of sulfonamides is 1. The fourth-order valence-electron chi connectivity index (χ4n) is 4.87. The van der Waals surface area contributed by atoms with Gasteiger partial charge in [-0.2, -0.15) is 13.5 Å². The molecule has 264 valence electrons. The number of ether oxygens (including phenoxy) is 4. The highest BCUT2D eigenvalue weighted by Gasteiger charge is 2.30. The SMILES string of the molecule is CS(=O)(=O)N(CC1CC1)c1ccc(O)c(C(=O)OCC(=O)O[C@@H](Cc2c(Cl)c[n+]([O-])cc2Cl)c2ccc(OC(F)F)c(OCC3CC3)c2)c1. The number of nitrogens with zero attached hydrogens (tertiary/aromatic N) is 2. The Morgan fingerprint density at radius 1 is 1.04 bits per heavy atom. The number of esters is 2. The van der Waals surface area contributed by atoms with Crippen molar-refractivity contribution in [2.45, 2.75) is 44.8 Å². The second-order valence-corrected chi connectivity index (χ2v) is 14.6. The molecule has 17 heteroatoms. The van der Waals surface area contributed by atoms with Crippen LogP contribution in [0.4, 0.5) is 14.5 Å². The molecule has 2 aliphatic rings. The molecule has 1 aromatic heterocycles. The van der Waals surface area contributed by atoms with Crippen LogP contribution in [0.25, 0.3) is 0 Å². The highest BCUT2D eigenvalue weighted by Crippen LogP contribution is 2.38. The minimum atomic E-state index is -3.71. The first-order chi connectivity index (χ1) is 23.2. The quantitative estimate of drug-likeness (QED) is 0.112. The molecule has 3 aromatic rings. The van der Waals surface area contributed by atoms with E-state index < -0.39 is 47.0 Å². The maximum absolute atomic E-state index is 13.1. The monoisotopic (exact) mass is 744 g/mol. The third kappa shape index (κ3) is 9.98. The zero-order chi connectivity index (χ0) is 35.5. The molecule has 0 unspecified atom stereocenters. The summed E-state index contributed by atoms with van der Waals surface area (Å²) in [5, 5.41) is 22.1. The van der Waals surface area contributed by atoms with Crippen LogP contribution in [0.3, 0.4) is 0 Å². The van der Waals surface area contributed by atoms with Gasteiger partial charge < -0.3 is 29.3 Å². The first-order valence-corrected chi connectivity index (χ1v) is 17.7. The average molecular weight is 746 g/mol. The number of halogens is 4. The standard InChI is InChI=1S/C32H32Cl2F2N2O10S/c1-49(43,44)38(13-18-2-3-18)21-7-8-26(39)23(11-21)31(41)46-17-30(40)47-28(12-22-24(33)14-37(42)15-25(22)34)20-6-9-27(48-32(35)36)29(10-20)45-16-19-4-5-19/h6-11,14-15,18-19,28,32,39H,2-5,12-13,16-17H2,1H3/t28-/m0/s1. The fourth-order valence-corrected chi connectivity index (χ4v) is 6.44. The molecule has 1 N–H and O–H groups in total. The molecular weight excluding hydrogens is 713 g/mol. The van der Waals surface area contributed by atoms with Crippen molar-refractivity contribution < 1.29 is 55.6 Å². The van der Waals surface area contributed by atoms with Crippen molar-refractivity contribution in [2.24, 2.45) is 11.8 Å². The van der Waals surface area contributed by atoms with Gasteiger partial charge in [0, 0.05) is 18.5 Å². The molecule has 0 bridgehead atoms. The minimum Gasteiger partial charge on any atom is -0.619 e. The molecule has 49 heavy (non-hydrogen) atoms. The van der Waals surface area contributed by atoms with E-state index in [2.05, 4.69) is 4.74 Å². The van der Waals surface area contributed by atoms with Crippen molar-refractivity contribution in [3.05, 3.63) is 80.7 Å². The van der Waals surface area contributed by atoms with Crippen molar-refractivity contribution >= 4 is 50.9 Å². The molecule has 1 atom stereocenters. The molecule has 2 saturated carbocycles. The van der Waals surface area contributed by atoms with E-state index in [1.165, 1.54) is 24.3 Å². The Bertz CT molecular complexity index is 1800. The first kappa shape index (κ1) is 36.2. The predicted octanol–water partition coefficient (Wildman–Crippen LogP) is 5.58. The summed E-state index contributed by atoms with van der Waals surface area (Å²) in [5.41, 5.74) is 0.228. The number of hydrogen-bond acceptors (Lipinski definition) is 10. The lowest BCUT2D eigenvalue weighted by molar-refractivity contribution is -0.605. The van der Waals surface area contributed by atoms with Gasteiger partial charge >= 0.3 is 18.6 Å². The summed E-state index contributed by atoms with van der Waals surface area (Å²) < 4.78 is 73.8. The molecule has 5 rings (SSSR count). The molecule has 2 fully saturated rings.